The second-order valence-corrected chi connectivity index (χ2v) is 5.54. The van der Waals surface area contributed by atoms with E-state index in [0.29, 0.717) is 6.61 Å². The van der Waals surface area contributed by atoms with Crippen LogP contribution in [0.4, 0.5) is 0 Å². The number of fused-ring (bicyclic) bond motifs is 1. The summed E-state index contributed by atoms with van der Waals surface area (Å²) in [6.45, 7) is 1.62. The van der Waals surface area contributed by atoms with E-state index in [9.17, 15) is 0 Å². The summed E-state index contributed by atoms with van der Waals surface area (Å²) in [6, 6.07) is 6.00. The van der Waals surface area contributed by atoms with Crippen LogP contribution in [-0.2, 0) is 0 Å². The van der Waals surface area contributed by atoms with Crippen molar-refractivity contribution in [1.29, 1.82) is 0 Å². The summed E-state index contributed by atoms with van der Waals surface area (Å²) < 4.78 is 7.60. The van der Waals surface area contributed by atoms with Gasteiger partial charge < -0.3 is 14.6 Å². The molecule has 2 aromatic rings. The molecule has 0 saturated heterocycles. The number of H-pyrrole nitrogens is 1. The van der Waals surface area contributed by atoms with E-state index in [1.54, 1.807) is 11.3 Å². The van der Waals surface area contributed by atoms with Crippen molar-refractivity contribution in [3.63, 3.8) is 0 Å². The molecule has 2 rings (SSSR count). The fourth-order valence-electron chi connectivity index (χ4n) is 1.36. The van der Waals surface area contributed by atoms with Gasteiger partial charge in [-0.25, -0.2) is 0 Å². The number of nitrogens with one attached hydrogen (secondary N) is 1. The van der Waals surface area contributed by atoms with Gasteiger partial charge in [-0.3, -0.25) is 0 Å². The van der Waals surface area contributed by atoms with Crippen LogP contribution in [0.25, 0.3) is 10.2 Å². The molecule has 0 amide bonds. The number of ether oxygens (including phenoxy) is 1. The fraction of sp³-hybridized carbons (Fsp3) is 0.364. The molecule has 0 spiro atoms. The van der Waals surface area contributed by atoms with Gasteiger partial charge in [0.25, 0.3) is 0 Å². The summed E-state index contributed by atoms with van der Waals surface area (Å²) >= 11 is 6.67. The third kappa shape index (κ3) is 2.81. The Kier molecular flexibility index (Phi) is 3.58. The number of likely N-dealkylation sites (N-methyl/N-ethyl adjacent to an activating group) is 1. The molecule has 5 heteroatoms. The maximum atomic E-state index is 5.65. The fourth-order valence-corrected chi connectivity index (χ4v) is 2.51. The standard InChI is InChI=1S/C11H14N2OS2/c1-13(2)5-6-14-8-3-4-9-10(7-8)16-11(15)12-9/h3-4,7H,5-6H2,1-2H3,(H,12,15). The maximum absolute atomic E-state index is 5.65. The number of aromatic nitrogens is 1. The number of hydrogen-bond donors (Lipinski definition) is 1. The van der Waals surface area contributed by atoms with E-state index in [1.165, 1.54) is 0 Å². The number of thiazole rings is 1. The van der Waals surface area contributed by atoms with Crippen LogP contribution in [0.2, 0.25) is 0 Å². The zero-order valence-corrected chi connectivity index (χ0v) is 11.0. The Morgan fingerprint density at radius 1 is 1.44 bits per heavy atom. The van der Waals surface area contributed by atoms with E-state index in [1.807, 2.05) is 32.3 Å². The zero-order valence-electron chi connectivity index (χ0n) is 9.32. The number of rotatable bonds is 4. The van der Waals surface area contributed by atoms with Crippen molar-refractivity contribution in [2.75, 3.05) is 27.2 Å². The van der Waals surface area contributed by atoms with E-state index < -0.39 is 0 Å². The van der Waals surface area contributed by atoms with Gasteiger partial charge in [-0.2, -0.15) is 0 Å². The smallest absolute Gasteiger partial charge is 0.159 e. The first-order valence-electron chi connectivity index (χ1n) is 5.05. The molecule has 1 N–H and O–H groups in total. The average molecular weight is 254 g/mol. The summed E-state index contributed by atoms with van der Waals surface area (Å²) in [5.41, 5.74) is 1.08. The largest absolute Gasteiger partial charge is 0.492 e. The van der Waals surface area contributed by atoms with Crippen LogP contribution < -0.4 is 4.74 Å². The summed E-state index contributed by atoms with van der Waals surface area (Å²) in [6.07, 6.45) is 0. The van der Waals surface area contributed by atoms with Crippen LogP contribution in [-0.4, -0.2) is 37.1 Å². The van der Waals surface area contributed by atoms with E-state index in [-0.39, 0.29) is 0 Å². The van der Waals surface area contributed by atoms with Gasteiger partial charge in [-0.15, -0.1) is 11.3 Å². The summed E-state index contributed by atoms with van der Waals surface area (Å²) in [7, 11) is 4.06. The Bertz CT molecular complexity index is 530. The maximum Gasteiger partial charge on any atom is 0.159 e. The van der Waals surface area contributed by atoms with Crippen molar-refractivity contribution in [1.82, 2.24) is 9.88 Å². The summed E-state index contributed by atoms with van der Waals surface area (Å²) in [5.74, 6) is 0.902. The van der Waals surface area contributed by atoms with E-state index >= 15 is 0 Å². The van der Waals surface area contributed by atoms with Crippen molar-refractivity contribution in [3.05, 3.63) is 22.2 Å². The van der Waals surface area contributed by atoms with Crippen molar-refractivity contribution in [2.45, 2.75) is 0 Å². The van der Waals surface area contributed by atoms with E-state index in [2.05, 4.69) is 9.88 Å². The molecule has 3 nitrogen and oxygen atoms in total. The van der Waals surface area contributed by atoms with Crippen LogP contribution >= 0.6 is 23.6 Å². The molecule has 1 aromatic heterocycles. The number of hydrogen-bond acceptors (Lipinski definition) is 4. The molecule has 1 aromatic carbocycles. The van der Waals surface area contributed by atoms with Crippen molar-refractivity contribution >= 4 is 33.8 Å². The third-order valence-corrected chi connectivity index (χ3v) is 3.40. The van der Waals surface area contributed by atoms with Gasteiger partial charge in [0, 0.05) is 6.54 Å². The molecule has 0 aliphatic carbocycles. The van der Waals surface area contributed by atoms with Crippen LogP contribution in [0.3, 0.4) is 0 Å². The van der Waals surface area contributed by atoms with Gasteiger partial charge in [0.15, 0.2) is 3.95 Å². The minimum atomic E-state index is 0.703. The number of aromatic amines is 1. The van der Waals surface area contributed by atoms with Crippen LogP contribution in [0.5, 0.6) is 5.75 Å². The average Bonchev–Trinajstić information content (AvgIpc) is 2.56. The monoisotopic (exact) mass is 254 g/mol. The van der Waals surface area contributed by atoms with Gasteiger partial charge in [-0.1, -0.05) is 0 Å². The molecule has 1 heterocycles. The Hall–Kier alpha value is -0.910. The minimum absolute atomic E-state index is 0.703. The van der Waals surface area contributed by atoms with Crippen molar-refractivity contribution in [2.24, 2.45) is 0 Å². The van der Waals surface area contributed by atoms with Crippen LogP contribution in [0.15, 0.2) is 18.2 Å². The molecule has 0 aliphatic heterocycles. The number of nitrogens with zero attached hydrogens (tertiary/aromatic N) is 1. The molecule has 0 fully saturated rings. The first-order valence-corrected chi connectivity index (χ1v) is 6.28. The molecule has 16 heavy (non-hydrogen) atoms. The predicted octanol–water partition coefficient (Wildman–Crippen LogP) is 2.90. The number of benzene rings is 1. The lowest BCUT2D eigenvalue weighted by Crippen LogP contribution is -2.19. The lowest BCUT2D eigenvalue weighted by Gasteiger charge is -2.10. The first kappa shape index (κ1) is 11.6. The quantitative estimate of drug-likeness (QED) is 0.850. The molecule has 0 aliphatic rings. The highest BCUT2D eigenvalue weighted by Gasteiger charge is 2.00. The first-order chi connectivity index (χ1) is 7.65. The normalized spacial score (nSPS) is 11.2. The Morgan fingerprint density at radius 3 is 3.00 bits per heavy atom. The molecule has 0 unspecified atom stereocenters. The summed E-state index contributed by atoms with van der Waals surface area (Å²) in [5, 5.41) is 0. The molecule has 0 radical (unpaired) electrons. The second kappa shape index (κ2) is 4.95. The topological polar surface area (TPSA) is 28.3 Å². The van der Waals surface area contributed by atoms with Gasteiger partial charge >= 0.3 is 0 Å². The SMILES string of the molecule is CN(C)CCOc1ccc2[nH]c(=S)sc2c1. The van der Waals surface area contributed by atoms with Gasteiger partial charge in [-0.05, 0) is 44.5 Å². The highest BCUT2D eigenvalue weighted by atomic mass is 32.1. The van der Waals surface area contributed by atoms with Crippen LogP contribution in [0.1, 0.15) is 0 Å². The third-order valence-electron chi connectivity index (χ3n) is 2.20. The molecule has 0 saturated carbocycles. The predicted molar refractivity (Wildman–Crippen MR) is 71.1 cm³/mol. The molecular weight excluding hydrogens is 240 g/mol. The highest BCUT2D eigenvalue weighted by Crippen LogP contribution is 2.24. The van der Waals surface area contributed by atoms with E-state index in [4.69, 9.17) is 17.0 Å². The van der Waals surface area contributed by atoms with Gasteiger partial charge in [0.2, 0.25) is 0 Å². The van der Waals surface area contributed by atoms with Gasteiger partial charge in [0.1, 0.15) is 12.4 Å². The molecule has 0 bridgehead atoms. The minimum Gasteiger partial charge on any atom is -0.492 e. The van der Waals surface area contributed by atoms with E-state index in [0.717, 1.165) is 26.5 Å². The molecule has 86 valence electrons. The van der Waals surface area contributed by atoms with Crippen molar-refractivity contribution in [3.8, 4) is 5.75 Å². The van der Waals surface area contributed by atoms with Crippen LogP contribution in [0, 0.1) is 3.95 Å². The zero-order chi connectivity index (χ0) is 11.5. The second-order valence-electron chi connectivity index (χ2n) is 3.82. The Balaban J connectivity index is 2.10. The summed E-state index contributed by atoms with van der Waals surface area (Å²) in [4.78, 5) is 5.23. The van der Waals surface area contributed by atoms with Crippen molar-refractivity contribution < 1.29 is 4.74 Å². The highest BCUT2D eigenvalue weighted by molar-refractivity contribution is 7.73. The lowest BCUT2D eigenvalue weighted by atomic mass is 10.3. The van der Waals surface area contributed by atoms with Gasteiger partial charge in [0.05, 0.1) is 10.2 Å². The molecule has 0 atom stereocenters. The molecular formula is C11H14N2OS2. The lowest BCUT2D eigenvalue weighted by molar-refractivity contribution is 0.261. The Labute approximate surface area is 104 Å². The Morgan fingerprint density at radius 2 is 2.25 bits per heavy atom.